The lowest BCUT2D eigenvalue weighted by Gasteiger charge is -1.98. The van der Waals surface area contributed by atoms with Crippen LogP contribution in [0.2, 0.25) is 0 Å². The lowest BCUT2D eigenvalue weighted by atomic mass is 10.1. The van der Waals surface area contributed by atoms with Crippen LogP contribution in [0.1, 0.15) is 31.8 Å². The molecule has 5 heteroatoms. The molecular formula is C20H16O2S3. The Morgan fingerprint density at radius 3 is 1.40 bits per heavy atom. The molecule has 1 aliphatic rings. The van der Waals surface area contributed by atoms with E-state index in [4.69, 9.17) is 0 Å². The first kappa shape index (κ1) is 18.1. The minimum atomic E-state index is -0.0123. The summed E-state index contributed by atoms with van der Waals surface area (Å²) >= 11 is 1.47. The quantitative estimate of drug-likeness (QED) is 0.357. The van der Waals surface area contributed by atoms with E-state index in [9.17, 15) is 9.59 Å². The molecule has 2 nitrogen and oxygen atoms in total. The molecular weight excluding hydrogens is 368 g/mol. The molecule has 0 radical (unpaired) electrons. The number of carbonyl (C=O) groups is 2. The molecule has 0 N–H and O–H groups in total. The summed E-state index contributed by atoms with van der Waals surface area (Å²) in [6, 6.07) is 15.1. The van der Waals surface area contributed by atoms with Crippen LogP contribution in [-0.4, -0.2) is 11.6 Å². The van der Waals surface area contributed by atoms with Gasteiger partial charge in [0.2, 0.25) is 0 Å². The third-order valence-electron chi connectivity index (χ3n) is 3.58. The number of allylic oxidation sites excluding steroid dienone is 2. The maximum atomic E-state index is 12.3. The minimum absolute atomic E-state index is 0.0123. The van der Waals surface area contributed by atoms with E-state index in [1.54, 1.807) is 12.2 Å². The molecule has 0 aromatic heterocycles. The second kappa shape index (κ2) is 8.13. The second-order valence-corrected chi connectivity index (χ2v) is 9.47. The fourth-order valence-corrected chi connectivity index (χ4v) is 6.12. The fraction of sp³-hybridized carbons (Fsp3) is 0.100. The topological polar surface area (TPSA) is 34.1 Å². The average molecular weight is 385 g/mol. The van der Waals surface area contributed by atoms with Crippen molar-refractivity contribution in [3.05, 3.63) is 91.4 Å². The van der Waals surface area contributed by atoms with Crippen molar-refractivity contribution in [3.8, 4) is 0 Å². The normalized spacial score (nSPS) is 17.2. The van der Waals surface area contributed by atoms with Gasteiger partial charge in [-0.15, -0.1) is 0 Å². The van der Waals surface area contributed by atoms with Crippen LogP contribution in [-0.2, 0) is 0 Å². The Balaban J connectivity index is 1.68. The Morgan fingerprint density at radius 1 is 0.680 bits per heavy atom. The van der Waals surface area contributed by atoms with Gasteiger partial charge in [0.1, 0.15) is 0 Å². The Morgan fingerprint density at radius 2 is 1.04 bits per heavy atom. The highest BCUT2D eigenvalue weighted by molar-refractivity contribution is 8.86. The van der Waals surface area contributed by atoms with Gasteiger partial charge in [-0.3, -0.25) is 9.59 Å². The Bertz CT molecular complexity index is 789. The van der Waals surface area contributed by atoms with Crippen LogP contribution in [0.5, 0.6) is 0 Å². The monoisotopic (exact) mass is 384 g/mol. The van der Waals surface area contributed by atoms with Crippen LogP contribution < -0.4 is 0 Å². The van der Waals surface area contributed by atoms with Crippen LogP contribution >= 0.6 is 33.3 Å². The van der Waals surface area contributed by atoms with E-state index in [2.05, 4.69) is 0 Å². The predicted molar refractivity (Wildman–Crippen MR) is 110 cm³/mol. The van der Waals surface area contributed by atoms with Gasteiger partial charge in [0.15, 0.2) is 11.6 Å². The lowest BCUT2D eigenvalue weighted by molar-refractivity contribution is 0.103. The van der Waals surface area contributed by atoms with Gasteiger partial charge in [0.25, 0.3) is 0 Å². The molecule has 0 spiro atoms. The van der Waals surface area contributed by atoms with Gasteiger partial charge in [-0.2, -0.15) is 0 Å². The number of thioether (sulfide) groups is 1. The van der Waals surface area contributed by atoms with Crippen LogP contribution in [0.15, 0.2) is 69.2 Å². The van der Waals surface area contributed by atoms with E-state index in [0.717, 1.165) is 19.6 Å². The van der Waals surface area contributed by atoms with E-state index in [1.165, 1.54) is 33.3 Å². The molecule has 2 aromatic carbocycles. The molecule has 0 bridgehead atoms. The Kier molecular flexibility index (Phi) is 5.89. The summed E-state index contributed by atoms with van der Waals surface area (Å²) in [5, 5.41) is 0. The predicted octanol–water partition coefficient (Wildman–Crippen LogP) is 6.18. The van der Waals surface area contributed by atoms with Gasteiger partial charge >= 0.3 is 0 Å². The molecule has 0 aliphatic carbocycles. The zero-order valence-electron chi connectivity index (χ0n) is 13.8. The minimum Gasteiger partial charge on any atom is -0.289 e. The number of ketones is 2. The van der Waals surface area contributed by atoms with Crippen molar-refractivity contribution in [1.29, 1.82) is 0 Å². The second-order valence-electron chi connectivity index (χ2n) is 5.66. The smallest absolute Gasteiger partial charge is 0.187 e. The summed E-state index contributed by atoms with van der Waals surface area (Å²) in [4.78, 5) is 24.6. The third-order valence-corrected chi connectivity index (χ3v) is 7.82. The zero-order chi connectivity index (χ0) is 17.8. The largest absolute Gasteiger partial charge is 0.289 e. The molecule has 0 amide bonds. The van der Waals surface area contributed by atoms with E-state index in [0.29, 0.717) is 11.1 Å². The van der Waals surface area contributed by atoms with Crippen molar-refractivity contribution in [3.63, 3.8) is 0 Å². The maximum absolute atomic E-state index is 12.3. The maximum Gasteiger partial charge on any atom is 0.187 e. The van der Waals surface area contributed by atoms with Crippen LogP contribution in [0.25, 0.3) is 0 Å². The number of rotatable bonds is 4. The molecule has 1 aliphatic heterocycles. The first-order chi connectivity index (χ1) is 12.0. The van der Waals surface area contributed by atoms with Gasteiger partial charge in [-0.05, 0) is 35.4 Å². The van der Waals surface area contributed by atoms with E-state index < -0.39 is 0 Å². The molecule has 3 rings (SSSR count). The number of benzene rings is 2. The third kappa shape index (κ3) is 4.91. The van der Waals surface area contributed by atoms with Crippen molar-refractivity contribution in [1.82, 2.24) is 0 Å². The molecule has 0 unspecified atom stereocenters. The summed E-state index contributed by atoms with van der Waals surface area (Å²) in [7, 11) is 3.03. The van der Waals surface area contributed by atoms with Gasteiger partial charge in [-0.25, -0.2) is 0 Å². The summed E-state index contributed by atoms with van der Waals surface area (Å²) in [6.07, 6.45) is 3.29. The van der Waals surface area contributed by atoms with Crippen molar-refractivity contribution in [2.24, 2.45) is 0 Å². The molecule has 1 fully saturated rings. The highest BCUT2D eigenvalue weighted by Crippen LogP contribution is 2.56. The van der Waals surface area contributed by atoms with Crippen molar-refractivity contribution in [2.45, 2.75) is 13.8 Å². The standard InChI is InChI=1S/C20H16O2S3/c1-13-3-7-15(8-4-13)17(21)11-19-23-20(25-24-19)12-18(22)16-9-5-14(2)6-10-16/h3-12H,1-2H3. The van der Waals surface area contributed by atoms with Gasteiger partial charge in [0, 0.05) is 23.3 Å². The average Bonchev–Trinajstić information content (AvgIpc) is 3.02. The van der Waals surface area contributed by atoms with Crippen LogP contribution in [0.3, 0.4) is 0 Å². The summed E-state index contributed by atoms with van der Waals surface area (Å²) in [5.41, 5.74) is 3.61. The summed E-state index contributed by atoms with van der Waals surface area (Å²) < 4.78 is 1.80. The number of hydrogen-bond donors (Lipinski definition) is 0. The number of carbonyl (C=O) groups excluding carboxylic acids is 2. The summed E-state index contributed by atoms with van der Waals surface area (Å²) in [6.45, 7) is 3.99. The molecule has 0 atom stereocenters. The number of hydrogen-bond acceptors (Lipinski definition) is 5. The lowest BCUT2D eigenvalue weighted by Crippen LogP contribution is -1.94. The molecule has 1 heterocycles. The Labute approximate surface area is 159 Å². The molecule has 0 saturated carbocycles. The van der Waals surface area contributed by atoms with Gasteiger partial charge < -0.3 is 0 Å². The fourth-order valence-electron chi connectivity index (χ4n) is 2.14. The number of aryl methyl sites for hydroxylation is 2. The van der Waals surface area contributed by atoms with Crippen LogP contribution in [0, 0.1) is 13.8 Å². The van der Waals surface area contributed by atoms with Crippen LogP contribution in [0.4, 0.5) is 0 Å². The molecule has 25 heavy (non-hydrogen) atoms. The highest BCUT2D eigenvalue weighted by atomic mass is 33.1. The van der Waals surface area contributed by atoms with E-state index in [-0.39, 0.29) is 11.6 Å². The SMILES string of the molecule is Cc1ccc(C(=O)C=C2SSC(=CC(=O)c3ccc(C)cc3)S2)cc1. The van der Waals surface area contributed by atoms with Crippen molar-refractivity contribution >= 4 is 44.9 Å². The van der Waals surface area contributed by atoms with Gasteiger partial charge in [-0.1, -0.05) is 71.4 Å². The van der Waals surface area contributed by atoms with E-state index >= 15 is 0 Å². The van der Waals surface area contributed by atoms with Crippen molar-refractivity contribution < 1.29 is 9.59 Å². The highest BCUT2D eigenvalue weighted by Gasteiger charge is 2.19. The molecule has 126 valence electrons. The van der Waals surface area contributed by atoms with Crippen molar-refractivity contribution in [2.75, 3.05) is 0 Å². The van der Waals surface area contributed by atoms with E-state index in [1.807, 2.05) is 62.4 Å². The first-order valence-electron chi connectivity index (χ1n) is 7.69. The molecule has 1 saturated heterocycles. The Hall–Kier alpha value is -1.69. The summed E-state index contributed by atoms with van der Waals surface area (Å²) in [5.74, 6) is -0.0246. The zero-order valence-corrected chi connectivity index (χ0v) is 16.3. The molecule has 2 aromatic rings. The van der Waals surface area contributed by atoms with Gasteiger partial charge in [0.05, 0.1) is 8.47 Å². The first-order valence-corrected chi connectivity index (χ1v) is 10.7.